The Balaban J connectivity index is 2.18. The van der Waals surface area contributed by atoms with Crippen LogP contribution in [0.1, 0.15) is 29.3 Å². The minimum Gasteiger partial charge on any atom is -0.336 e. The van der Waals surface area contributed by atoms with E-state index in [-0.39, 0.29) is 5.91 Å². The van der Waals surface area contributed by atoms with Crippen molar-refractivity contribution in [1.29, 1.82) is 0 Å². The minimum absolute atomic E-state index is 0.180. The van der Waals surface area contributed by atoms with Crippen LogP contribution in [0.15, 0.2) is 18.2 Å². The number of nitrogens with zero attached hydrogens (tertiary/aromatic N) is 2. The van der Waals surface area contributed by atoms with Gasteiger partial charge in [0.1, 0.15) is 0 Å². The number of piperazine rings is 1. The molecule has 0 saturated carbocycles. The van der Waals surface area contributed by atoms with Crippen molar-refractivity contribution < 1.29 is 4.79 Å². The van der Waals surface area contributed by atoms with Crippen LogP contribution in [0.2, 0.25) is 0 Å². The molecule has 1 aliphatic heterocycles. The van der Waals surface area contributed by atoms with Gasteiger partial charge in [0.2, 0.25) is 0 Å². The van der Waals surface area contributed by atoms with Gasteiger partial charge in [-0.3, -0.25) is 9.69 Å². The summed E-state index contributed by atoms with van der Waals surface area (Å²) in [6.45, 7) is 6.88. The van der Waals surface area contributed by atoms with E-state index in [9.17, 15) is 4.79 Å². The highest BCUT2D eigenvalue weighted by Gasteiger charge is 2.27. The number of carbonyl (C=O) groups excluding carboxylic acids is 1. The first-order valence-electron chi connectivity index (χ1n) is 6.79. The zero-order valence-electron chi connectivity index (χ0n) is 11.8. The monoisotopic (exact) mass is 372 g/mol. The van der Waals surface area contributed by atoms with E-state index in [0.29, 0.717) is 6.04 Å². The molecular weight excluding hydrogens is 351 g/mol. The summed E-state index contributed by atoms with van der Waals surface area (Å²) in [4.78, 5) is 17.0. The molecule has 1 amide bonds. The number of aryl methyl sites for hydroxylation is 1. The standard InChI is InChI=1S/C15H21IN2O/c1-4-12-10-18(9-8-17(12)3)15(19)13-7-5-6-11(2)14(13)16/h5-7,12H,4,8-10H2,1-3H3. The highest BCUT2D eigenvalue weighted by molar-refractivity contribution is 14.1. The molecule has 1 aromatic rings. The molecule has 0 aromatic heterocycles. The lowest BCUT2D eigenvalue weighted by Crippen LogP contribution is -2.53. The average molecular weight is 372 g/mol. The molecular formula is C15H21IN2O. The molecule has 2 rings (SSSR count). The number of hydrogen-bond donors (Lipinski definition) is 0. The van der Waals surface area contributed by atoms with Crippen molar-refractivity contribution in [2.45, 2.75) is 26.3 Å². The molecule has 1 aromatic carbocycles. The predicted molar refractivity (Wildman–Crippen MR) is 86.5 cm³/mol. The number of amides is 1. The largest absolute Gasteiger partial charge is 0.336 e. The van der Waals surface area contributed by atoms with Gasteiger partial charge in [-0.15, -0.1) is 0 Å². The van der Waals surface area contributed by atoms with Crippen molar-refractivity contribution in [3.8, 4) is 0 Å². The second kappa shape index (κ2) is 6.22. The van der Waals surface area contributed by atoms with E-state index >= 15 is 0 Å². The van der Waals surface area contributed by atoms with Crippen LogP contribution < -0.4 is 0 Å². The van der Waals surface area contributed by atoms with Gasteiger partial charge >= 0.3 is 0 Å². The molecule has 0 N–H and O–H groups in total. The molecule has 104 valence electrons. The van der Waals surface area contributed by atoms with Gasteiger partial charge in [-0.25, -0.2) is 0 Å². The van der Waals surface area contributed by atoms with Crippen molar-refractivity contribution in [3.05, 3.63) is 32.9 Å². The number of hydrogen-bond acceptors (Lipinski definition) is 2. The lowest BCUT2D eigenvalue weighted by molar-refractivity contribution is 0.0541. The van der Waals surface area contributed by atoms with E-state index in [0.717, 1.165) is 35.2 Å². The topological polar surface area (TPSA) is 23.6 Å². The molecule has 1 fully saturated rings. The van der Waals surface area contributed by atoms with E-state index in [1.807, 2.05) is 17.0 Å². The average Bonchev–Trinajstić information content (AvgIpc) is 2.41. The van der Waals surface area contributed by atoms with Crippen LogP contribution in [0.4, 0.5) is 0 Å². The van der Waals surface area contributed by atoms with Gasteiger partial charge in [0.15, 0.2) is 0 Å². The van der Waals surface area contributed by atoms with Gasteiger partial charge in [-0.2, -0.15) is 0 Å². The Morgan fingerprint density at radius 1 is 1.42 bits per heavy atom. The lowest BCUT2D eigenvalue weighted by atomic mass is 10.1. The van der Waals surface area contributed by atoms with E-state index in [4.69, 9.17) is 0 Å². The normalized spacial score (nSPS) is 20.6. The summed E-state index contributed by atoms with van der Waals surface area (Å²) in [7, 11) is 2.15. The Morgan fingerprint density at radius 2 is 2.16 bits per heavy atom. The summed E-state index contributed by atoms with van der Waals surface area (Å²) in [5.41, 5.74) is 2.02. The molecule has 4 heteroatoms. The van der Waals surface area contributed by atoms with Crippen LogP contribution in [-0.2, 0) is 0 Å². The van der Waals surface area contributed by atoms with Crippen molar-refractivity contribution in [1.82, 2.24) is 9.80 Å². The molecule has 1 atom stereocenters. The summed E-state index contributed by atoms with van der Waals surface area (Å²) in [5.74, 6) is 0.180. The van der Waals surface area contributed by atoms with Crippen molar-refractivity contribution in [3.63, 3.8) is 0 Å². The molecule has 0 radical (unpaired) electrons. The molecule has 0 aliphatic carbocycles. The molecule has 1 unspecified atom stereocenters. The maximum Gasteiger partial charge on any atom is 0.255 e. The van der Waals surface area contributed by atoms with Gasteiger partial charge in [0.05, 0.1) is 5.56 Å². The first-order valence-corrected chi connectivity index (χ1v) is 7.87. The van der Waals surface area contributed by atoms with E-state index in [1.165, 1.54) is 5.56 Å². The van der Waals surface area contributed by atoms with Crippen molar-refractivity contribution >= 4 is 28.5 Å². The highest BCUT2D eigenvalue weighted by atomic mass is 127. The Bertz CT molecular complexity index is 475. The Hall–Kier alpha value is -0.620. The van der Waals surface area contributed by atoms with Crippen LogP contribution in [-0.4, -0.2) is 48.4 Å². The first-order chi connectivity index (χ1) is 9.04. The summed E-state index contributed by atoms with van der Waals surface area (Å²) < 4.78 is 1.08. The number of benzene rings is 1. The quantitative estimate of drug-likeness (QED) is 0.746. The smallest absolute Gasteiger partial charge is 0.255 e. The van der Waals surface area contributed by atoms with E-state index in [1.54, 1.807) is 0 Å². The van der Waals surface area contributed by atoms with Gasteiger partial charge in [-0.05, 0) is 54.6 Å². The van der Waals surface area contributed by atoms with Crippen LogP contribution in [0, 0.1) is 10.5 Å². The van der Waals surface area contributed by atoms with Crippen LogP contribution in [0.3, 0.4) is 0 Å². The number of rotatable bonds is 2. The summed E-state index contributed by atoms with van der Waals surface area (Å²) >= 11 is 2.28. The fraction of sp³-hybridized carbons (Fsp3) is 0.533. The maximum atomic E-state index is 12.6. The molecule has 0 spiro atoms. The third-order valence-electron chi connectivity index (χ3n) is 3.96. The second-order valence-corrected chi connectivity index (χ2v) is 6.31. The molecule has 1 saturated heterocycles. The maximum absolute atomic E-state index is 12.6. The fourth-order valence-corrected chi connectivity index (χ4v) is 3.14. The molecule has 1 heterocycles. The van der Waals surface area contributed by atoms with Gasteiger partial charge in [0.25, 0.3) is 5.91 Å². The summed E-state index contributed by atoms with van der Waals surface area (Å²) in [6.07, 6.45) is 1.09. The third kappa shape index (κ3) is 3.11. The first kappa shape index (κ1) is 14.8. The number of halogens is 1. The molecule has 3 nitrogen and oxygen atoms in total. The van der Waals surface area contributed by atoms with Gasteiger partial charge in [-0.1, -0.05) is 19.1 Å². The summed E-state index contributed by atoms with van der Waals surface area (Å²) in [6, 6.07) is 6.45. The highest BCUT2D eigenvalue weighted by Crippen LogP contribution is 2.20. The van der Waals surface area contributed by atoms with E-state index < -0.39 is 0 Å². The fourth-order valence-electron chi connectivity index (χ4n) is 2.55. The molecule has 0 bridgehead atoms. The number of likely N-dealkylation sites (N-methyl/N-ethyl adjacent to an activating group) is 1. The zero-order valence-corrected chi connectivity index (χ0v) is 14.0. The zero-order chi connectivity index (χ0) is 14.0. The van der Waals surface area contributed by atoms with Crippen molar-refractivity contribution in [2.24, 2.45) is 0 Å². The second-order valence-electron chi connectivity index (χ2n) is 5.23. The van der Waals surface area contributed by atoms with Gasteiger partial charge < -0.3 is 4.90 Å². The van der Waals surface area contributed by atoms with Crippen molar-refractivity contribution in [2.75, 3.05) is 26.7 Å². The predicted octanol–water partition coefficient (Wildman–Crippen LogP) is 2.77. The van der Waals surface area contributed by atoms with E-state index in [2.05, 4.69) is 54.5 Å². The van der Waals surface area contributed by atoms with Crippen LogP contribution >= 0.6 is 22.6 Å². The van der Waals surface area contributed by atoms with Crippen LogP contribution in [0.5, 0.6) is 0 Å². The molecule has 19 heavy (non-hydrogen) atoms. The lowest BCUT2D eigenvalue weighted by Gasteiger charge is -2.39. The Labute approximate surface area is 129 Å². The molecule has 1 aliphatic rings. The summed E-state index contributed by atoms with van der Waals surface area (Å²) in [5, 5.41) is 0. The third-order valence-corrected chi connectivity index (χ3v) is 5.39. The Kier molecular flexibility index (Phi) is 4.84. The van der Waals surface area contributed by atoms with Crippen LogP contribution in [0.25, 0.3) is 0 Å². The van der Waals surface area contributed by atoms with Gasteiger partial charge in [0, 0.05) is 29.2 Å². The number of carbonyl (C=O) groups is 1. The Morgan fingerprint density at radius 3 is 2.84 bits per heavy atom. The SMILES string of the molecule is CCC1CN(C(=O)c2cccc(C)c2I)CCN1C. The minimum atomic E-state index is 0.180.